The molecule has 3 rings (SSSR count). The maximum atomic E-state index is 12.4. The van der Waals surface area contributed by atoms with Gasteiger partial charge in [-0.15, -0.1) is 0 Å². The Labute approximate surface area is 138 Å². The van der Waals surface area contributed by atoms with Gasteiger partial charge in [0.05, 0.1) is 6.04 Å². The van der Waals surface area contributed by atoms with E-state index in [1.54, 1.807) is 18.2 Å². The molecule has 118 valence electrons. The van der Waals surface area contributed by atoms with E-state index in [0.29, 0.717) is 28.7 Å². The zero-order valence-electron chi connectivity index (χ0n) is 11.8. The van der Waals surface area contributed by atoms with Crippen LogP contribution in [0.3, 0.4) is 0 Å². The first-order valence-corrected chi connectivity index (χ1v) is 7.90. The van der Waals surface area contributed by atoms with Crippen LogP contribution in [0.25, 0.3) is 0 Å². The molecule has 2 N–H and O–H groups in total. The topological polar surface area (TPSA) is 69.6 Å². The number of likely N-dealkylation sites (tertiary alicyclic amines) is 1. The molecule has 1 aliphatic heterocycles. The standard InChI is InChI=1S/C15H16Cl2N2O3/c16-10-5-9(6-11(17)7-10)13(20)18-12-8-19(14(21)22)4-3-15(12)1-2-15/h5-7,12H,1-4,8H2,(H,18,20)(H,21,22)/t12-/m0/s1. The van der Waals surface area contributed by atoms with Crippen molar-refractivity contribution in [3.8, 4) is 0 Å². The highest BCUT2D eigenvalue weighted by Crippen LogP contribution is 2.53. The molecule has 2 fully saturated rings. The maximum absolute atomic E-state index is 12.4. The van der Waals surface area contributed by atoms with Crippen LogP contribution >= 0.6 is 23.2 Å². The Morgan fingerprint density at radius 2 is 1.82 bits per heavy atom. The molecule has 7 heteroatoms. The molecule has 0 unspecified atom stereocenters. The third-order valence-electron chi connectivity index (χ3n) is 4.61. The second-order valence-electron chi connectivity index (χ2n) is 6.03. The van der Waals surface area contributed by atoms with Gasteiger partial charge in [-0.05, 0) is 42.9 Å². The minimum atomic E-state index is -0.944. The number of piperidine rings is 1. The van der Waals surface area contributed by atoms with Crippen molar-refractivity contribution >= 4 is 35.2 Å². The molecule has 1 aromatic carbocycles. The zero-order valence-corrected chi connectivity index (χ0v) is 13.3. The van der Waals surface area contributed by atoms with Gasteiger partial charge in [0.1, 0.15) is 0 Å². The molecule has 1 atom stereocenters. The highest BCUT2D eigenvalue weighted by atomic mass is 35.5. The SMILES string of the molecule is O=C(N[C@H]1CN(C(=O)O)CCC12CC2)c1cc(Cl)cc(Cl)c1. The summed E-state index contributed by atoms with van der Waals surface area (Å²) >= 11 is 11.8. The van der Waals surface area contributed by atoms with Gasteiger partial charge in [0.15, 0.2) is 0 Å². The molecule has 1 spiro atoms. The van der Waals surface area contributed by atoms with E-state index in [1.165, 1.54) is 4.90 Å². The van der Waals surface area contributed by atoms with E-state index in [9.17, 15) is 9.59 Å². The van der Waals surface area contributed by atoms with E-state index in [2.05, 4.69) is 5.32 Å². The molecule has 1 saturated heterocycles. The van der Waals surface area contributed by atoms with E-state index in [1.807, 2.05) is 0 Å². The average Bonchev–Trinajstić information content (AvgIpc) is 3.20. The lowest BCUT2D eigenvalue weighted by atomic mass is 9.88. The van der Waals surface area contributed by atoms with Crippen LogP contribution in [-0.4, -0.2) is 41.1 Å². The van der Waals surface area contributed by atoms with Crippen LogP contribution in [0.1, 0.15) is 29.6 Å². The molecule has 1 saturated carbocycles. The number of rotatable bonds is 2. The molecule has 2 amide bonds. The lowest BCUT2D eigenvalue weighted by molar-refractivity contribution is 0.0789. The van der Waals surface area contributed by atoms with Crippen molar-refractivity contribution in [1.29, 1.82) is 0 Å². The first kappa shape index (κ1) is 15.4. The maximum Gasteiger partial charge on any atom is 0.407 e. The van der Waals surface area contributed by atoms with Crippen LogP contribution in [0.2, 0.25) is 10.0 Å². The smallest absolute Gasteiger partial charge is 0.407 e. The van der Waals surface area contributed by atoms with Gasteiger partial charge in [-0.3, -0.25) is 4.79 Å². The molecule has 1 aromatic rings. The molecule has 0 aromatic heterocycles. The van der Waals surface area contributed by atoms with Crippen molar-refractivity contribution in [2.75, 3.05) is 13.1 Å². The Kier molecular flexibility index (Phi) is 3.95. The predicted octanol–water partition coefficient (Wildman–Crippen LogP) is 3.26. The van der Waals surface area contributed by atoms with Gasteiger partial charge in [0.2, 0.25) is 0 Å². The largest absolute Gasteiger partial charge is 0.465 e. The number of hydrogen-bond acceptors (Lipinski definition) is 2. The van der Waals surface area contributed by atoms with E-state index < -0.39 is 6.09 Å². The highest BCUT2D eigenvalue weighted by Gasteiger charge is 2.53. The van der Waals surface area contributed by atoms with Crippen LogP contribution in [0, 0.1) is 5.41 Å². The molecule has 5 nitrogen and oxygen atoms in total. The van der Waals surface area contributed by atoms with Crippen molar-refractivity contribution in [2.45, 2.75) is 25.3 Å². The van der Waals surface area contributed by atoms with Crippen molar-refractivity contribution < 1.29 is 14.7 Å². The van der Waals surface area contributed by atoms with Crippen molar-refractivity contribution in [3.63, 3.8) is 0 Å². The van der Waals surface area contributed by atoms with Crippen LogP contribution in [0.15, 0.2) is 18.2 Å². The first-order valence-electron chi connectivity index (χ1n) is 7.14. The van der Waals surface area contributed by atoms with E-state index in [0.717, 1.165) is 19.3 Å². The second-order valence-corrected chi connectivity index (χ2v) is 6.90. The lowest BCUT2D eigenvalue weighted by Crippen LogP contribution is -2.54. The Bertz CT molecular complexity index is 611. The quantitative estimate of drug-likeness (QED) is 0.866. The Morgan fingerprint density at radius 1 is 1.18 bits per heavy atom. The summed E-state index contributed by atoms with van der Waals surface area (Å²) in [5.74, 6) is -0.270. The normalized spacial score (nSPS) is 22.5. The van der Waals surface area contributed by atoms with Crippen molar-refractivity contribution in [3.05, 3.63) is 33.8 Å². The third-order valence-corrected chi connectivity index (χ3v) is 5.05. The number of hydrogen-bond donors (Lipinski definition) is 2. The summed E-state index contributed by atoms with van der Waals surface area (Å²) in [6, 6.07) is 4.51. The van der Waals surface area contributed by atoms with Crippen LogP contribution in [0.4, 0.5) is 4.79 Å². The molecule has 0 radical (unpaired) electrons. The van der Waals surface area contributed by atoms with E-state index >= 15 is 0 Å². The molecule has 1 heterocycles. The van der Waals surface area contributed by atoms with Crippen LogP contribution in [-0.2, 0) is 0 Å². The molecular weight excluding hydrogens is 327 g/mol. The summed E-state index contributed by atoms with van der Waals surface area (Å²) in [4.78, 5) is 24.9. The first-order chi connectivity index (χ1) is 10.4. The number of nitrogens with zero attached hydrogens (tertiary/aromatic N) is 1. The molecule has 22 heavy (non-hydrogen) atoms. The fourth-order valence-electron chi connectivity index (χ4n) is 3.10. The zero-order chi connectivity index (χ0) is 15.9. The predicted molar refractivity (Wildman–Crippen MR) is 83.6 cm³/mol. The summed E-state index contributed by atoms with van der Waals surface area (Å²) in [5, 5.41) is 12.9. The lowest BCUT2D eigenvalue weighted by Gasteiger charge is -2.38. The van der Waals surface area contributed by atoms with Crippen LogP contribution in [0.5, 0.6) is 0 Å². The highest BCUT2D eigenvalue weighted by molar-refractivity contribution is 6.35. The van der Waals surface area contributed by atoms with E-state index in [-0.39, 0.29) is 17.4 Å². The number of benzene rings is 1. The second kappa shape index (κ2) is 5.63. The number of carbonyl (C=O) groups is 2. The minimum Gasteiger partial charge on any atom is -0.465 e. The number of nitrogens with one attached hydrogen (secondary N) is 1. The van der Waals surface area contributed by atoms with Crippen LogP contribution < -0.4 is 5.32 Å². The third kappa shape index (κ3) is 3.01. The molecule has 2 aliphatic rings. The summed E-state index contributed by atoms with van der Waals surface area (Å²) in [7, 11) is 0. The number of halogens is 2. The van der Waals surface area contributed by atoms with Gasteiger partial charge in [0.25, 0.3) is 5.91 Å². The van der Waals surface area contributed by atoms with E-state index in [4.69, 9.17) is 28.3 Å². The minimum absolute atomic E-state index is 0.0595. The Morgan fingerprint density at radius 3 is 2.36 bits per heavy atom. The number of carbonyl (C=O) groups excluding carboxylic acids is 1. The fraction of sp³-hybridized carbons (Fsp3) is 0.467. The Balaban J connectivity index is 1.75. The van der Waals surface area contributed by atoms with Gasteiger partial charge in [-0.2, -0.15) is 0 Å². The van der Waals surface area contributed by atoms with Gasteiger partial charge in [0, 0.05) is 28.7 Å². The Hall–Kier alpha value is -1.46. The summed E-state index contributed by atoms with van der Waals surface area (Å²) in [5.41, 5.74) is 0.449. The molecular formula is C15H16Cl2N2O3. The van der Waals surface area contributed by atoms with Gasteiger partial charge < -0.3 is 15.3 Å². The fourth-order valence-corrected chi connectivity index (χ4v) is 3.62. The van der Waals surface area contributed by atoms with Crippen molar-refractivity contribution in [2.24, 2.45) is 5.41 Å². The van der Waals surface area contributed by atoms with Gasteiger partial charge in [-0.25, -0.2) is 4.79 Å². The monoisotopic (exact) mass is 342 g/mol. The number of carboxylic acid groups (broad SMARTS) is 1. The summed E-state index contributed by atoms with van der Waals surface area (Å²) in [6.45, 7) is 0.861. The number of amides is 2. The molecule has 1 aliphatic carbocycles. The summed E-state index contributed by atoms with van der Waals surface area (Å²) in [6.07, 6.45) is 1.91. The van der Waals surface area contributed by atoms with Gasteiger partial charge >= 0.3 is 6.09 Å². The summed E-state index contributed by atoms with van der Waals surface area (Å²) < 4.78 is 0. The van der Waals surface area contributed by atoms with Crippen molar-refractivity contribution in [1.82, 2.24) is 10.2 Å². The average molecular weight is 343 g/mol. The molecule has 0 bridgehead atoms. The van der Waals surface area contributed by atoms with Gasteiger partial charge in [-0.1, -0.05) is 23.2 Å².